The van der Waals surface area contributed by atoms with Gasteiger partial charge < -0.3 is 4.90 Å². The molecule has 1 aliphatic heterocycles. The zero-order valence-corrected chi connectivity index (χ0v) is 12.2. The second-order valence-electron chi connectivity index (χ2n) is 5.85. The summed E-state index contributed by atoms with van der Waals surface area (Å²) in [7, 11) is 0. The van der Waals surface area contributed by atoms with E-state index in [1.807, 2.05) is 12.1 Å². The van der Waals surface area contributed by atoms with Crippen molar-refractivity contribution < 1.29 is 4.79 Å². The molecule has 1 fully saturated rings. The molecule has 1 aliphatic rings. The number of Topliss-reactive ketones (excluding diaryl/α,β-unsaturated/α-hetero) is 1. The van der Waals surface area contributed by atoms with E-state index in [2.05, 4.69) is 23.7 Å². The Bertz CT molecular complexity index is 442. The molecular weight excluding hydrogens is 236 g/mol. The Labute approximate surface area is 116 Å². The minimum absolute atomic E-state index is 0.104. The van der Waals surface area contributed by atoms with Crippen LogP contribution in [0.1, 0.15) is 50.4 Å². The van der Waals surface area contributed by atoms with Gasteiger partial charge in [0.25, 0.3) is 0 Å². The normalized spacial score (nSPS) is 20.4. The van der Waals surface area contributed by atoms with E-state index in [1.165, 1.54) is 19.3 Å². The minimum Gasteiger partial charge on any atom is -0.356 e. The van der Waals surface area contributed by atoms with Gasteiger partial charge in [-0.3, -0.25) is 4.79 Å². The van der Waals surface area contributed by atoms with Gasteiger partial charge in [0, 0.05) is 19.3 Å². The molecular formula is C16H24N2O. The molecule has 0 bridgehead atoms. The van der Waals surface area contributed by atoms with Gasteiger partial charge in [-0.15, -0.1) is 0 Å². The average Bonchev–Trinajstić information content (AvgIpc) is 2.64. The first-order valence-corrected chi connectivity index (χ1v) is 7.30. The number of carbonyl (C=O) groups excluding carboxylic acids is 1. The molecule has 3 nitrogen and oxygen atoms in total. The van der Waals surface area contributed by atoms with Crippen LogP contribution in [0.2, 0.25) is 0 Å². The summed E-state index contributed by atoms with van der Waals surface area (Å²) >= 11 is 0. The molecule has 0 aromatic carbocycles. The summed E-state index contributed by atoms with van der Waals surface area (Å²) in [5.74, 6) is 2.53. The minimum atomic E-state index is 0.104. The molecule has 1 unspecified atom stereocenters. The fourth-order valence-corrected chi connectivity index (χ4v) is 2.92. The topological polar surface area (TPSA) is 33.2 Å². The quantitative estimate of drug-likeness (QED) is 0.779. The van der Waals surface area contributed by atoms with Crippen LogP contribution in [0.4, 0.5) is 5.82 Å². The monoisotopic (exact) mass is 260 g/mol. The van der Waals surface area contributed by atoms with Gasteiger partial charge in [0.2, 0.25) is 0 Å². The van der Waals surface area contributed by atoms with Gasteiger partial charge in [0.1, 0.15) is 5.82 Å². The number of aromatic nitrogens is 1. The second kappa shape index (κ2) is 6.18. The molecule has 0 aliphatic carbocycles. The van der Waals surface area contributed by atoms with E-state index in [4.69, 9.17) is 0 Å². The van der Waals surface area contributed by atoms with E-state index in [0.29, 0.717) is 0 Å². The number of carbonyl (C=O) groups is 1. The molecule has 0 N–H and O–H groups in total. The van der Waals surface area contributed by atoms with Crippen LogP contribution in [0.25, 0.3) is 0 Å². The first kappa shape index (κ1) is 14.0. The van der Waals surface area contributed by atoms with Gasteiger partial charge >= 0.3 is 0 Å². The Balaban J connectivity index is 2.16. The Morgan fingerprint density at radius 3 is 2.84 bits per heavy atom. The molecule has 0 radical (unpaired) electrons. The van der Waals surface area contributed by atoms with E-state index in [9.17, 15) is 4.79 Å². The summed E-state index contributed by atoms with van der Waals surface area (Å²) in [4.78, 5) is 18.4. The predicted octanol–water partition coefficient (Wildman–Crippen LogP) is 3.55. The van der Waals surface area contributed by atoms with Crippen LogP contribution in [0, 0.1) is 11.8 Å². The number of pyridine rings is 1. The van der Waals surface area contributed by atoms with E-state index in [-0.39, 0.29) is 5.78 Å². The van der Waals surface area contributed by atoms with Crippen molar-refractivity contribution in [1.82, 2.24) is 4.98 Å². The Kier molecular flexibility index (Phi) is 4.56. The van der Waals surface area contributed by atoms with Gasteiger partial charge in [-0.05, 0) is 50.2 Å². The maximum atomic E-state index is 11.7. The van der Waals surface area contributed by atoms with Crippen molar-refractivity contribution in [3.63, 3.8) is 0 Å². The van der Waals surface area contributed by atoms with Crippen molar-refractivity contribution in [2.45, 2.75) is 40.0 Å². The van der Waals surface area contributed by atoms with Crippen LogP contribution in [0.3, 0.4) is 0 Å². The number of nitrogens with zero attached hydrogens (tertiary/aromatic N) is 2. The van der Waals surface area contributed by atoms with Crippen molar-refractivity contribution in [1.29, 1.82) is 0 Å². The molecule has 2 heterocycles. The molecule has 104 valence electrons. The van der Waals surface area contributed by atoms with Crippen molar-refractivity contribution in [2.24, 2.45) is 11.8 Å². The zero-order valence-electron chi connectivity index (χ0n) is 12.2. The number of hydrogen-bond acceptors (Lipinski definition) is 3. The van der Waals surface area contributed by atoms with Crippen LogP contribution in [-0.2, 0) is 0 Å². The van der Waals surface area contributed by atoms with E-state index < -0.39 is 0 Å². The fourth-order valence-electron chi connectivity index (χ4n) is 2.92. The first-order valence-electron chi connectivity index (χ1n) is 7.30. The first-order chi connectivity index (χ1) is 9.09. The number of ketones is 1. The van der Waals surface area contributed by atoms with Crippen LogP contribution >= 0.6 is 0 Å². The van der Waals surface area contributed by atoms with Crippen LogP contribution in [0.5, 0.6) is 0 Å². The highest BCUT2D eigenvalue weighted by Crippen LogP contribution is 2.27. The lowest BCUT2D eigenvalue weighted by molar-refractivity contribution is 0.101. The molecule has 2 rings (SSSR count). The largest absolute Gasteiger partial charge is 0.356 e. The standard InChI is InChI=1S/C16H24N2O/c1-12(2)14-6-5-10-18(11-8-14)16-15(13(3)19)7-4-9-17-16/h4,7,9,12,14H,5-6,8,10-11H2,1-3H3. The van der Waals surface area contributed by atoms with E-state index in [0.717, 1.165) is 36.3 Å². The van der Waals surface area contributed by atoms with Crippen molar-refractivity contribution in [3.8, 4) is 0 Å². The number of hydrogen-bond donors (Lipinski definition) is 0. The molecule has 0 spiro atoms. The summed E-state index contributed by atoms with van der Waals surface area (Å²) in [5.41, 5.74) is 0.755. The Morgan fingerprint density at radius 2 is 2.16 bits per heavy atom. The van der Waals surface area contributed by atoms with Crippen LogP contribution in [-0.4, -0.2) is 23.9 Å². The summed E-state index contributed by atoms with van der Waals surface area (Å²) in [6, 6.07) is 3.73. The number of rotatable bonds is 3. The average molecular weight is 260 g/mol. The van der Waals surface area contributed by atoms with Gasteiger partial charge in [-0.2, -0.15) is 0 Å². The van der Waals surface area contributed by atoms with E-state index >= 15 is 0 Å². The van der Waals surface area contributed by atoms with Gasteiger partial charge in [0.15, 0.2) is 5.78 Å². The molecule has 0 saturated carbocycles. The predicted molar refractivity (Wildman–Crippen MR) is 78.6 cm³/mol. The maximum absolute atomic E-state index is 11.7. The summed E-state index contributed by atoms with van der Waals surface area (Å²) in [6.07, 6.45) is 5.46. The lowest BCUT2D eigenvalue weighted by Crippen LogP contribution is -2.27. The third-order valence-corrected chi connectivity index (χ3v) is 4.18. The highest BCUT2D eigenvalue weighted by Gasteiger charge is 2.22. The SMILES string of the molecule is CC(=O)c1cccnc1N1CCCC(C(C)C)CC1. The molecule has 0 amide bonds. The highest BCUT2D eigenvalue weighted by molar-refractivity contribution is 5.98. The Hall–Kier alpha value is -1.38. The summed E-state index contributed by atoms with van der Waals surface area (Å²) in [5, 5.41) is 0. The third kappa shape index (κ3) is 3.34. The molecule has 19 heavy (non-hydrogen) atoms. The smallest absolute Gasteiger partial charge is 0.163 e. The third-order valence-electron chi connectivity index (χ3n) is 4.18. The second-order valence-corrected chi connectivity index (χ2v) is 5.85. The zero-order chi connectivity index (χ0) is 13.8. The molecule has 1 aromatic heterocycles. The Morgan fingerprint density at radius 1 is 1.37 bits per heavy atom. The van der Waals surface area contributed by atoms with Crippen molar-refractivity contribution in [3.05, 3.63) is 23.9 Å². The van der Waals surface area contributed by atoms with Gasteiger partial charge in [-0.25, -0.2) is 4.98 Å². The van der Waals surface area contributed by atoms with Gasteiger partial charge in [0.05, 0.1) is 5.56 Å². The summed E-state index contributed by atoms with van der Waals surface area (Å²) in [6.45, 7) is 8.26. The molecule has 1 aromatic rings. The summed E-state index contributed by atoms with van der Waals surface area (Å²) < 4.78 is 0. The number of anilines is 1. The maximum Gasteiger partial charge on any atom is 0.163 e. The highest BCUT2D eigenvalue weighted by atomic mass is 16.1. The fraction of sp³-hybridized carbons (Fsp3) is 0.625. The van der Waals surface area contributed by atoms with Crippen molar-refractivity contribution >= 4 is 11.6 Å². The van der Waals surface area contributed by atoms with Crippen LogP contribution in [0.15, 0.2) is 18.3 Å². The van der Waals surface area contributed by atoms with Gasteiger partial charge in [-0.1, -0.05) is 13.8 Å². The molecule has 1 saturated heterocycles. The molecule has 1 atom stereocenters. The lowest BCUT2D eigenvalue weighted by Gasteiger charge is -2.24. The lowest BCUT2D eigenvalue weighted by atomic mass is 9.89. The molecule has 3 heteroatoms. The van der Waals surface area contributed by atoms with Crippen LogP contribution < -0.4 is 4.90 Å². The van der Waals surface area contributed by atoms with Crippen molar-refractivity contribution in [2.75, 3.05) is 18.0 Å². The van der Waals surface area contributed by atoms with E-state index in [1.54, 1.807) is 13.1 Å².